The predicted octanol–water partition coefficient (Wildman–Crippen LogP) is 1.92. The van der Waals surface area contributed by atoms with E-state index < -0.39 is 23.2 Å². The van der Waals surface area contributed by atoms with Crippen LogP contribution in [0.2, 0.25) is 5.02 Å². The van der Waals surface area contributed by atoms with Crippen LogP contribution in [-0.2, 0) is 15.1 Å². The summed E-state index contributed by atoms with van der Waals surface area (Å²) in [5.41, 5.74) is -1.16. The van der Waals surface area contributed by atoms with Crippen LogP contribution >= 0.6 is 11.6 Å². The lowest BCUT2D eigenvalue weighted by atomic mass is 9.93. The van der Waals surface area contributed by atoms with Crippen molar-refractivity contribution in [3.8, 4) is 0 Å². The van der Waals surface area contributed by atoms with Gasteiger partial charge in [0.05, 0.1) is 5.54 Å². The van der Waals surface area contributed by atoms with Crippen LogP contribution in [0.1, 0.15) is 19.4 Å². The van der Waals surface area contributed by atoms with Crippen molar-refractivity contribution in [1.29, 1.82) is 0 Å². The highest BCUT2D eigenvalue weighted by molar-refractivity contribution is 6.32. The summed E-state index contributed by atoms with van der Waals surface area (Å²) in [6.07, 6.45) is 0. The Morgan fingerprint density at radius 2 is 2.00 bits per heavy atom. The average Bonchev–Trinajstić information content (AvgIpc) is 2.15. The molecule has 0 aliphatic carbocycles. The van der Waals surface area contributed by atoms with Gasteiger partial charge in [0.2, 0.25) is 0 Å². The van der Waals surface area contributed by atoms with Crippen LogP contribution in [0, 0.1) is 5.82 Å². The van der Waals surface area contributed by atoms with E-state index in [9.17, 15) is 14.0 Å². The van der Waals surface area contributed by atoms with Crippen molar-refractivity contribution < 1.29 is 19.1 Å². The van der Waals surface area contributed by atoms with Crippen LogP contribution in [0.25, 0.3) is 0 Å². The number of carboxylic acids is 1. The molecule has 0 bridgehead atoms. The molecule has 0 atom stereocenters. The number of carboxylic acid groups (broad SMARTS) is 1. The van der Waals surface area contributed by atoms with E-state index in [4.69, 9.17) is 16.7 Å². The summed E-state index contributed by atoms with van der Waals surface area (Å²) < 4.78 is 13.6. The second kappa shape index (κ2) is 4.71. The monoisotopic (exact) mass is 259 g/mol. The maximum absolute atomic E-state index is 13.6. The van der Waals surface area contributed by atoms with Crippen LogP contribution in [-0.4, -0.2) is 17.0 Å². The van der Waals surface area contributed by atoms with E-state index in [1.54, 1.807) is 0 Å². The summed E-state index contributed by atoms with van der Waals surface area (Å²) in [5, 5.41) is 10.8. The fourth-order valence-corrected chi connectivity index (χ4v) is 1.89. The van der Waals surface area contributed by atoms with Gasteiger partial charge in [-0.05, 0) is 26.0 Å². The second-order valence-corrected chi connectivity index (χ2v) is 4.39. The van der Waals surface area contributed by atoms with Gasteiger partial charge in [-0.2, -0.15) is 0 Å². The number of rotatable bonds is 2. The molecule has 1 aromatic carbocycles. The molecule has 0 saturated heterocycles. The lowest BCUT2D eigenvalue weighted by Crippen LogP contribution is -2.45. The minimum absolute atomic E-state index is 0.0521. The molecule has 1 rings (SSSR count). The third-order valence-corrected chi connectivity index (χ3v) is 2.52. The Morgan fingerprint density at radius 1 is 1.41 bits per heavy atom. The molecule has 1 aromatic rings. The maximum atomic E-state index is 13.6. The number of aliphatic carboxylic acids is 1. The van der Waals surface area contributed by atoms with Crippen LogP contribution in [0.15, 0.2) is 18.2 Å². The molecule has 0 spiro atoms. The Labute approximate surface area is 102 Å². The van der Waals surface area contributed by atoms with Crippen molar-refractivity contribution in [3.63, 3.8) is 0 Å². The van der Waals surface area contributed by atoms with E-state index in [-0.39, 0.29) is 10.6 Å². The van der Waals surface area contributed by atoms with Gasteiger partial charge in [-0.15, -0.1) is 0 Å². The molecule has 0 aliphatic rings. The Kier molecular flexibility index (Phi) is 3.72. The van der Waals surface area contributed by atoms with Crippen LogP contribution in [0.5, 0.6) is 0 Å². The lowest BCUT2D eigenvalue weighted by Gasteiger charge is -2.27. The first-order valence-corrected chi connectivity index (χ1v) is 5.13. The van der Waals surface area contributed by atoms with Gasteiger partial charge in [-0.25, -0.2) is 9.18 Å². The Hall–Kier alpha value is -1.62. The van der Waals surface area contributed by atoms with Crippen molar-refractivity contribution >= 4 is 23.5 Å². The van der Waals surface area contributed by atoms with Crippen LogP contribution in [0.3, 0.4) is 0 Å². The first-order valence-electron chi connectivity index (χ1n) is 4.75. The van der Waals surface area contributed by atoms with Gasteiger partial charge in [0, 0.05) is 10.6 Å². The smallest absolute Gasteiger partial charge is 0.394 e. The first kappa shape index (κ1) is 13.4. The molecule has 17 heavy (non-hydrogen) atoms. The standard InChI is InChI=1S/C11H11ClFNO3/c1-11(2,14-9(15)10(16)17)8-6(12)4-3-5-7(8)13/h3-5H,1-2H3,(H,14,15)(H,16,17). The highest BCUT2D eigenvalue weighted by atomic mass is 35.5. The fraction of sp³-hybridized carbons (Fsp3) is 0.273. The predicted molar refractivity (Wildman–Crippen MR) is 60.2 cm³/mol. The van der Waals surface area contributed by atoms with Gasteiger partial charge in [-0.1, -0.05) is 17.7 Å². The molecule has 0 unspecified atom stereocenters. The SMILES string of the molecule is CC(C)(NC(=O)C(=O)O)c1c(F)cccc1Cl. The summed E-state index contributed by atoms with van der Waals surface area (Å²) >= 11 is 5.84. The fourth-order valence-electron chi connectivity index (χ4n) is 1.49. The first-order chi connectivity index (χ1) is 7.75. The molecular formula is C11H11ClFNO3. The zero-order valence-corrected chi connectivity index (χ0v) is 10.0. The number of benzene rings is 1. The van der Waals surface area contributed by atoms with E-state index in [0.29, 0.717) is 0 Å². The minimum Gasteiger partial charge on any atom is -0.474 e. The van der Waals surface area contributed by atoms with Crippen molar-refractivity contribution in [2.24, 2.45) is 0 Å². The van der Waals surface area contributed by atoms with Crippen LogP contribution in [0.4, 0.5) is 4.39 Å². The molecule has 0 saturated carbocycles. The van der Waals surface area contributed by atoms with E-state index in [1.165, 1.54) is 32.0 Å². The van der Waals surface area contributed by atoms with Gasteiger partial charge >= 0.3 is 11.9 Å². The van der Waals surface area contributed by atoms with E-state index in [1.807, 2.05) is 0 Å². The summed E-state index contributed by atoms with van der Waals surface area (Å²) in [6, 6.07) is 4.08. The molecule has 1 amide bonds. The summed E-state index contributed by atoms with van der Waals surface area (Å²) in [6.45, 7) is 2.94. The van der Waals surface area contributed by atoms with E-state index >= 15 is 0 Å². The Balaban J connectivity index is 3.13. The number of hydrogen-bond donors (Lipinski definition) is 2. The minimum atomic E-state index is -1.63. The number of hydrogen-bond acceptors (Lipinski definition) is 2. The summed E-state index contributed by atoms with van der Waals surface area (Å²) in [7, 11) is 0. The van der Waals surface area contributed by atoms with Crippen molar-refractivity contribution in [1.82, 2.24) is 5.32 Å². The largest absolute Gasteiger partial charge is 0.474 e. The Morgan fingerprint density at radius 3 is 2.47 bits per heavy atom. The number of amides is 1. The average molecular weight is 260 g/mol. The highest BCUT2D eigenvalue weighted by Gasteiger charge is 2.30. The third-order valence-electron chi connectivity index (χ3n) is 2.21. The normalized spacial score (nSPS) is 11.1. The third kappa shape index (κ3) is 2.94. The van der Waals surface area contributed by atoms with E-state index in [2.05, 4.69) is 5.32 Å². The highest BCUT2D eigenvalue weighted by Crippen LogP contribution is 2.30. The molecule has 4 nitrogen and oxygen atoms in total. The molecule has 0 heterocycles. The molecule has 6 heteroatoms. The lowest BCUT2D eigenvalue weighted by molar-refractivity contribution is -0.151. The zero-order chi connectivity index (χ0) is 13.2. The molecular weight excluding hydrogens is 249 g/mol. The molecule has 0 aliphatic heterocycles. The number of halogens is 2. The van der Waals surface area contributed by atoms with Crippen molar-refractivity contribution in [2.45, 2.75) is 19.4 Å². The quantitative estimate of drug-likeness (QED) is 0.798. The number of carbonyl (C=O) groups is 2. The topological polar surface area (TPSA) is 66.4 Å². The van der Waals surface area contributed by atoms with Gasteiger partial charge in [0.1, 0.15) is 5.82 Å². The van der Waals surface area contributed by atoms with Crippen molar-refractivity contribution in [2.75, 3.05) is 0 Å². The second-order valence-electron chi connectivity index (χ2n) is 3.98. The Bertz CT molecular complexity index is 454. The van der Waals surface area contributed by atoms with Gasteiger partial charge in [-0.3, -0.25) is 4.79 Å². The van der Waals surface area contributed by atoms with Gasteiger partial charge < -0.3 is 10.4 Å². The van der Waals surface area contributed by atoms with Crippen LogP contribution < -0.4 is 5.32 Å². The summed E-state index contributed by atoms with van der Waals surface area (Å²) in [4.78, 5) is 21.5. The molecule has 2 N–H and O–H groups in total. The molecule has 0 fully saturated rings. The van der Waals surface area contributed by atoms with Gasteiger partial charge in [0.25, 0.3) is 0 Å². The molecule has 92 valence electrons. The number of carbonyl (C=O) groups excluding carboxylic acids is 1. The number of nitrogens with one attached hydrogen (secondary N) is 1. The zero-order valence-electron chi connectivity index (χ0n) is 9.25. The van der Waals surface area contributed by atoms with E-state index in [0.717, 1.165) is 0 Å². The van der Waals surface area contributed by atoms with Crippen molar-refractivity contribution in [3.05, 3.63) is 34.6 Å². The molecule has 0 radical (unpaired) electrons. The molecule has 0 aromatic heterocycles. The maximum Gasteiger partial charge on any atom is 0.394 e. The van der Waals surface area contributed by atoms with Gasteiger partial charge in [0.15, 0.2) is 0 Å². The summed E-state index contributed by atoms with van der Waals surface area (Å²) in [5.74, 6) is -3.45.